The minimum Gasteiger partial charge on any atom is -0.379 e. The third-order valence-corrected chi connectivity index (χ3v) is 7.92. The second-order valence-corrected chi connectivity index (χ2v) is 11.2. The van der Waals surface area contributed by atoms with E-state index in [1.807, 2.05) is 11.9 Å². The molecule has 252 valence electrons. The molecular weight excluding hydrogens is 630 g/mol. The van der Waals surface area contributed by atoms with Gasteiger partial charge in [-0.25, -0.2) is 9.07 Å². The van der Waals surface area contributed by atoms with E-state index in [1.165, 1.54) is 16.9 Å². The molecule has 47 heavy (non-hydrogen) atoms. The summed E-state index contributed by atoms with van der Waals surface area (Å²) in [6.07, 6.45) is -3.22. The number of non-ortho nitro benzene ring substituents is 1. The smallest absolute Gasteiger partial charge is 0.379 e. The van der Waals surface area contributed by atoms with E-state index in [-0.39, 0.29) is 17.4 Å². The number of likely N-dealkylation sites (N-methyl/N-ethyl adjacent to an activating group) is 1. The number of morpholine rings is 1. The molecule has 2 amide bonds. The number of ether oxygens (including phenoxy) is 1. The lowest BCUT2D eigenvalue weighted by Gasteiger charge is -2.35. The van der Waals surface area contributed by atoms with E-state index in [0.29, 0.717) is 63.4 Å². The number of halogens is 4. The van der Waals surface area contributed by atoms with E-state index < -0.39 is 45.5 Å². The van der Waals surface area contributed by atoms with Gasteiger partial charge < -0.3 is 25.2 Å². The number of hydrogen-bond acceptors (Lipinski definition) is 10. The number of nitrogens with one attached hydrogen (secondary N) is 2. The zero-order valence-electron chi connectivity index (χ0n) is 25.4. The first-order valence-electron chi connectivity index (χ1n) is 14.9. The average Bonchev–Trinajstić information content (AvgIpc) is 3.54. The van der Waals surface area contributed by atoms with Crippen molar-refractivity contribution in [2.45, 2.75) is 12.6 Å². The summed E-state index contributed by atoms with van der Waals surface area (Å²) in [5.74, 6) is -3.80. The van der Waals surface area contributed by atoms with E-state index in [0.717, 1.165) is 26.1 Å². The fourth-order valence-electron chi connectivity index (χ4n) is 5.36. The lowest BCUT2D eigenvalue weighted by molar-refractivity contribution is -0.385. The summed E-state index contributed by atoms with van der Waals surface area (Å²) in [6.45, 7) is 6.63. The van der Waals surface area contributed by atoms with E-state index in [4.69, 9.17) is 4.74 Å². The van der Waals surface area contributed by atoms with E-state index in [1.54, 1.807) is 12.1 Å². The Hall–Kier alpha value is -4.68. The summed E-state index contributed by atoms with van der Waals surface area (Å²) in [7, 11) is 1.93. The summed E-state index contributed by atoms with van der Waals surface area (Å²) >= 11 is 0. The number of nitro groups is 1. The molecule has 5 rings (SSSR count). The first kappa shape index (κ1) is 33.7. The molecule has 14 nitrogen and oxygen atoms in total. The molecule has 1 aromatic heterocycles. The summed E-state index contributed by atoms with van der Waals surface area (Å²) < 4.78 is 62.6. The van der Waals surface area contributed by atoms with Crippen LogP contribution in [0.1, 0.15) is 32.8 Å². The number of rotatable bonds is 10. The van der Waals surface area contributed by atoms with Gasteiger partial charge in [0.2, 0.25) is 0 Å². The van der Waals surface area contributed by atoms with Gasteiger partial charge in [-0.1, -0.05) is 5.21 Å². The van der Waals surface area contributed by atoms with Gasteiger partial charge in [0.15, 0.2) is 5.69 Å². The first-order valence-corrected chi connectivity index (χ1v) is 14.9. The zero-order chi connectivity index (χ0) is 33.7. The van der Waals surface area contributed by atoms with E-state index >= 15 is 0 Å². The third kappa shape index (κ3) is 8.19. The Morgan fingerprint density at radius 3 is 2.45 bits per heavy atom. The van der Waals surface area contributed by atoms with Crippen molar-refractivity contribution in [2.24, 2.45) is 0 Å². The number of alkyl halides is 3. The monoisotopic (exact) mass is 663 g/mol. The van der Waals surface area contributed by atoms with Gasteiger partial charge in [-0.15, -0.1) is 5.10 Å². The van der Waals surface area contributed by atoms with Crippen molar-refractivity contribution in [1.82, 2.24) is 30.1 Å². The van der Waals surface area contributed by atoms with Crippen LogP contribution in [0.15, 0.2) is 36.5 Å². The molecule has 2 fully saturated rings. The van der Waals surface area contributed by atoms with Crippen molar-refractivity contribution in [3.63, 3.8) is 0 Å². The number of aromatic nitrogens is 3. The Morgan fingerprint density at radius 1 is 1.04 bits per heavy atom. The number of piperazine rings is 1. The summed E-state index contributed by atoms with van der Waals surface area (Å²) in [6, 6.07) is 5.20. The van der Waals surface area contributed by atoms with Gasteiger partial charge in [0, 0.05) is 51.9 Å². The largest absolute Gasteiger partial charge is 0.420 e. The average molecular weight is 664 g/mol. The van der Waals surface area contributed by atoms with Crippen molar-refractivity contribution in [1.29, 1.82) is 0 Å². The van der Waals surface area contributed by atoms with Gasteiger partial charge in [-0.3, -0.25) is 24.6 Å². The number of nitrogens with zero attached hydrogens (tertiary/aromatic N) is 7. The van der Waals surface area contributed by atoms with Crippen LogP contribution in [0.3, 0.4) is 0 Å². The maximum absolute atomic E-state index is 14.5. The number of carbonyl (C=O) groups excluding carboxylic acids is 2. The van der Waals surface area contributed by atoms with Gasteiger partial charge in [0.1, 0.15) is 11.4 Å². The molecule has 2 N–H and O–H groups in total. The molecule has 2 aromatic carbocycles. The minimum atomic E-state index is -5.31. The Labute approximate surface area is 266 Å². The maximum Gasteiger partial charge on any atom is 0.420 e. The zero-order valence-corrected chi connectivity index (χ0v) is 25.4. The van der Waals surface area contributed by atoms with Crippen molar-refractivity contribution in [3.05, 3.63) is 69.3 Å². The standard InChI is InChI=1S/C29H33F4N9O5/c1-38-7-9-40(10-8-38)25-4-3-19(41-18-24(36-37-41)28(44)34-5-2-6-39-11-13-47-14-12-39)17-23(25)35-27(43)21-15-20(42(45)46)16-22(30)26(21)29(31,32)33/h3-4,15-18H,2,5-14H2,1H3,(H,34,44)(H,35,43). The number of hydrogen-bond donors (Lipinski definition) is 2. The molecule has 0 unspecified atom stereocenters. The number of anilines is 2. The Kier molecular flexibility index (Phi) is 10.3. The van der Waals surface area contributed by atoms with Crippen LogP contribution in [-0.2, 0) is 10.9 Å². The Bertz CT molecular complexity index is 1620. The molecular formula is C29H33F4N9O5. The van der Waals surface area contributed by atoms with Crippen LogP contribution in [0.5, 0.6) is 0 Å². The van der Waals surface area contributed by atoms with Crippen molar-refractivity contribution >= 4 is 28.9 Å². The second kappa shape index (κ2) is 14.4. The molecule has 3 heterocycles. The van der Waals surface area contributed by atoms with E-state index in [9.17, 15) is 37.3 Å². The normalized spacial score (nSPS) is 16.2. The van der Waals surface area contributed by atoms with Crippen molar-refractivity contribution in [2.75, 3.05) is 82.8 Å². The van der Waals surface area contributed by atoms with Crippen LogP contribution >= 0.6 is 0 Å². The molecule has 0 bridgehead atoms. The highest BCUT2D eigenvalue weighted by Crippen LogP contribution is 2.37. The van der Waals surface area contributed by atoms with Crippen molar-refractivity contribution < 1.29 is 36.8 Å². The van der Waals surface area contributed by atoms with E-state index in [2.05, 4.69) is 30.7 Å². The minimum absolute atomic E-state index is 0.0204. The van der Waals surface area contributed by atoms with Crippen LogP contribution in [-0.4, -0.2) is 114 Å². The predicted octanol–water partition coefficient (Wildman–Crippen LogP) is 2.79. The number of benzene rings is 2. The summed E-state index contributed by atoms with van der Waals surface area (Å²) in [5, 5.41) is 24.4. The lowest BCUT2D eigenvalue weighted by atomic mass is 10.0. The lowest BCUT2D eigenvalue weighted by Crippen LogP contribution is -2.44. The number of nitro benzene ring substituents is 1. The molecule has 0 aliphatic carbocycles. The molecule has 2 aliphatic heterocycles. The molecule has 2 aliphatic rings. The molecule has 18 heteroatoms. The SMILES string of the molecule is CN1CCN(c2ccc(-n3cc(C(=O)NCCCN4CCOCC4)nn3)cc2NC(=O)c2cc([N+](=O)[O-])cc(F)c2C(F)(F)F)CC1. The van der Waals surface area contributed by atoms with Gasteiger partial charge >= 0.3 is 6.18 Å². The van der Waals surface area contributed by atoms with Gasteiger partial charge in [0.25, 0.3) is 17.5 Å². The van der Waals surface area contributed by atoms with Crippen molar-refractivity contribution in [3.8, 4) is 5.69 Å². The van der Waals surface area contributed by atoms with Gasteiger partial charge in [-0.05, 0) is 38.2 Å². The molecule has 3 aromatic rings. The number of amides is 2. The number of carbonyl (C=O) groups is 2. The topological polar surface area (TPSA) is 151 Å². The maximum atomic E-state index is 14.5. The van der Waals surface area contributed by atoms with Crippen LogP contribution < -0.4 is 15.5 Å². The highest BCUT2D eigenvalue weighted by molar-refractivity contribution is 6.07. The molecule has 0 saturated carbocycles. The van der Waals surface area contributed by atoms with Crippen LogP contribution in [0, 0.1) is 15.9 Å². The van der Waals surface area contributed by atoms with Crippen LogP contribution in [0.2, 0.25) is 0 Å². The van der Waals surface area contributed by atoms with Gasteiger partial charge in [-0.2, -0.15) is 13.2 Å². The molecule has 0 radical (unpaired) electrons. The second-order valence-electron chi connectivity index (χ2n) is 11.2. The summed E-state index contributed by atoms with van der Waals surface area (Å²) in [5.41, 5.74) is -3.36. The fourth-order valence-corrected chi connectivity index (χ4v) is 5.36. The van der Waals surface area contributed by atoms with Crippen LogP contribution in [0.25, 0.3) is 5.69 Å². The quantitative estimate of drug-likeness (QED) is 0.144. The Balaban J connectivity index is 1.39. The third-order valence-electron chi connectivity index (χ3n) is 7.92. The summed E-state index contributed by atoms with van der Waals surface area (Å²) in [4.78, 5) is 42.5. The first-order chi connectivity index (χ1) is 22.4. The fraction of sp³-hybridized carbons (Fsp3) is 0.448. The predicted molar refractivity (Wildman–Crippen MR) is 161 cm³/mol. The van der Waals surface area contributed by atoms with Gasteiger partial charge in [0.05, 0.1) is 53.0 Å². The molecule has 2 saturated heterocycles. The highest BCUT2D eigenvalue weighted by atomic mass is 19.4. The highest BCUT2D eigenvalue weighted by Gasteiger charge is 2.40. The molecule has 0 atom stereocenters. The molecule has 0 spiro atoms. The van der Waals surface area contributed by atoms with Crippen LogP contribution in [0.4, 0.5) is 34.6 Å². The Morgan fingerprint density at radius 2 is 1.77 bits per heavy atom.